The average Bonchev–Trinajstić information content (AvgIpc) is 2.75. The molecule has 0 heterocycles. The van der Waals surface area contributed by atoms with Gasteiger partial charge >= 0.3 is 0 Å². The molecule has 2 N–H and O–H groups in total. The molecule has 30 heavy (non-hydrogen) atoms. The summed E-state index contributed by atoms with van der Waals surface area (Å²) < 4.78 is 11.4. The third-order valence-corrected chi connectivity index (χ3v) is 5.37. The largest absolute Gasteiger partial charge is 0.493 e. The van der Waals surface area contributed by atoms with Gasteiger partial charge in [-0.25, -0.2) is 0 Å². The molecular weight excluding hydrogens is 374 g/mol. The number of benzene rings is 3. The number of aryl methyl sites for hydroxylation is 3. The minimum absolute atomic E-state index is 0.172. The van der Waals surface area contributed by atoms with E-state index in [-0.39, 0.29) is 6.61 Å². The molecule has 0 amide bonds. The van der Waals surface area contributed by atoms with E-state index < -0.39 is 6.10 Å². The maximum atomic E-state index is 10.6. The molecule has 0 saturated heterocycles. The second-order valence-electron chi connectivity index (χ2n) is 7.69. The van der Waals surface area contributed by atoms with E-state index in [0.717, 1.165) is 29.8 Å². The summed E-state index contributed by atoms with van der Waals surface area (Å²) in [6.07, 6.45) is -0.693. The molecular formula is C26H31NO3. The lowest BCUT2D eigenvalue weighted by Gasteiger charge is -2.18. The van der Waals surface area contributed by atoms with Crippen LogP contribution in [0.5, 0.6) is 11.5 Å². The summed E-state index contributed by atoms with van der Waals surface area (Å²) in [5.41, 5.74) is 6.72. The van der Waals surface area contributed by atoms with E-state index in [1.807, 2.05) is 49.4 Å². The number of hydrogen-bond acceptors (Lipinski definition) is 4. The van der Waals surface area contributed by atoms with Crippen LogP contribution in [0.25, 0.3) is 0 Å². The third-order valence-electron chi connectivity index (χ3n) is 5.37. The zero-order valence-corrected chi connectivity index (χ0v) is 18.2. The van der Waals surface area contributed by atoms with Gasteiger partial charge in [0.2, 0.25) is 0 Å². The van der Waals surface area contributed by atoms with E-state index in [1.165, 1.54) is 16.7 Å². The van der Waals surface area contributed by atoms with Gasteiger partial charge in [0.05, 0.1) is 7.11 Å². The number of ether oxygens (including phenoxy) is 2. The standard InChI is InChI=1S/C26H31NO3/c1-18-12-20(3)23(13-19(18)2)24(28)17-30-25-11-10-22(14-26(25)29-4)16-27-15-21-8-6-5-7-9-21/h5-14,24,27-28H,15-17H2,1-4H3. The fourth-order valence-electron chi connectivity index (χ4n) is 3.49. The molecule has 0 saturated carbocycles. The summed E-state index contributed by atoms with van der Waals surface area (Å²) in [7, 11) is 1.63. The quantitative estimate of drug-likeness (QED) is 0.525. The molecule has 0 spiro atoms. The Hall–Kier alpha value is -2.82. The van der Waals surface area contributed by atoms with Gasteiger partial charge in [0.15, 0.2) is 11.5 Å². The number of rotatable bonds is 9. The number of hydrogen-bond donors (Lipinski definition) is 2. The Balaban J connectivity index is 1.60. The van der Waals surface area contributed by atoms with Crippen LogP contribution in [0.4, 0.5) is 0 Å². The molecule has 0 aromatic heterocycles. The zero-order valence-electron chi connectivity index (χ0n) is 18.2. The molecule has 0 aliphatic heterocycles. The van der Waals surface area contributed by atoms with E-state index in [2.05, 4.69) is 37.4 Å². The average molecular weight is 406 g/mol. The Labute approximate surface area is 179 Å². The fourth-order valence-corrected chi connectivity index (χ4v) is 3.49. The topological polar surface area (TPSA) is 50.7 Å². The Morgan fingerprint density at radius 1 is 0.800 bits per heavy atom. The summed E-state index contributed by atoms with van der Waals surface area (Å²) in [4.78, 5) is 0. The van der Waals surface area contributed by atoms with Crippen molar-refractivity contribution in [2.45, 2.75) is 40.0 Å². The van der Waals surface area contributed by atoms with Crippen LogP contribution < -0.4 is 14.8 Å². The van der Waals surface area contributed by atoms with Gasteiger partial charge in [-0.2, -0.15) is 0 Å². The minimum atomic E-state index is -0.693. The van der Waals surface area contributed by atoms with Gasteiger partial charge in [0.1, 0.15) is 12.7 Å². The van der Waals surface area contributed by atoms with E-state index in [0.29, 0.717) is 11.5 Å². The maximum absolute atomic E-state index is 10.6. The van der Waals surface area contributed by atoms with Crippen LogP contribution in [0.15, 0.2) is 60.7 Å². The first-order chi connectivity index (χ1) is 14.5. The Bertz CT molecular complexity index is 970. The number of aliphatic hydroxyl groups is 1. The molecule has 0 aliphatic carbocycles. The van der Waals surface area contributed by atoms with Gasteiger partial charge < -0.3 is 19.9 Å². The Morgan fingerprint density at radius 3 is 2.23 bits per heavy atom. The first-order valence-corrected chi connectivity index (χ1v) is 10.3. The van der Waals surface area contributed by atoms with E-state index in [9.17, 15) is 5.11 Å². The summed E-state index contributed by atoms with van der Waals surface area (Å²) in [5, 5.41) is 14.1. The summed E-state index contributed by atoms with van der Waals surface area (Å²) in [5.74, 6) is 1.29. The third kappa shape index (κ3) is 5.62. The SMILES string of the molecule is COc1cc(CNCc2ccccc2)ccc1OCC(O)c1cc(C)c(C)cc1C. The smallest absolute Gasteiger partial charge is 0.161 e. The molecule has 158 valence electrons. The molecule has 1 unspecified atom stereocenters. The summed E-state index contributed by atoms with van der Waals surface area (Å²) in [6, 6.07) is 20.3. The first-order valence-electron chi connectivity index (χ1n) is 10.3. The van der Waals surface area contributed by atoms with Crippen LogP contribution in [0.1, 0.15) is 39.5 Å². The van der Waals surface area contributed by atoms with E-state index >= 15 is 0 Å². The Morgan fingerprint density at radius 2 is 1.50 bits per heavy atom. The van der Waals surface area contributed by atoms with Crippen LogP contribution in [-0.4, -0.2) is 18.8 Å². The van der Waals surface area contributed by atoms with Crippen LogP contribution in [-0.2, 0) is 13.1 Å². The lowest BCUT2D eigenvalue weighted by Crippen LogP contribution is -2.13. The molecule has 0 fully saturated rings. The second kappa shape index (κ2) is 10.3. The molecule has 3 aromatic carbocycles. The number of methoxy groups -OCH3 is 1. The maximum Gasteiger partial charge on any atom is 0.161 e. The normalized spacial score (nSPS) is 11.9. The molecule has 4 heteroatoms. The predicted octanol–water partition coefficient (Wildman–Crippen LogP) is 5.02. The van der Waals surface area contributed by atoms with Crippen LogP contribution in [0.2, 0.25) is 0 Å². The number of aliphatic hydroxyl groups excluding tert-OH is 1. The summed E-state index contributed by atoms with van der Waals surface area (Å²) in [6.45, 7) is 7.86. The molecule has 1 atom stereocenters. The van der Waals surface area contributed by atoms with Gasteiger partial charge in [0, 0.05) is 13.1 Å². The Kier molecular flexibility index (Phi) is 7.50. The van der Waals surface area contributed by atoms with Crippen molar-refractivity contribution in [3.63, 3.8) is 0 Å². The predicted molar refractivity (Wildman–Crippen MR) is 121 cm³/mol. The van der Waals surface area contributed by atoms with Crippen molar-refractivity contribution in [3.8, 4) is 11.5 Å². The lowest BCUT2D eigenvalue weighted by atomic mass is 9.97. The molecule has 3 rings (SSSR count). The zero-order chi connectivity index (χ0) is 21.5. The van der Waals surface area contributed by atoms with Crippen LogP contribution >= 0.6 is 0 Å². The van der Waals surface area contributed by atoms with E-state index in [4.69, 9.17) is 9.47 Å². The van der Waals surface area contributed by atoms with Crippen molar-refractivity contribution < 1.29 is 14.6 Å². The van der Waals surface area contributed by atoms with Crippen molar-refractivity contribution in [3.05, 3.63) is 94.0 Å². The highest BCUT2D eigenvalue weighted by Crippen LogP contribution is 2.30. The van der Waals surface area contributed by atoms with Gasteiger partial charge in [0.25, 0.3) is 0 Å². The highest BCUT2D eigenvalue weighted by Gasteiger charge is 2.14. The van der Waals surface area contributed by atoms with Crippen molar-refractivity contribution >= 4 is 0 Å². The van der Waals surface area contributed by atoms with Crippen LogP contribution in [0.3, 0.4) is 0 Å². The number of nitrogens with one attached hydrogen (secondary N) is 1. The van der Waals surface area contributed by atoms with Crippen molar-refractivity contribution in [2.24, 2.45) is 0 Å². The summed E-state index contributed by atoms with van der Waals surface area (Å²) >= 11 is 0. The monoisotopic (exact) mass is 405 g/mol. The first kappa shape index (κ1) is 21.9. The molecule has 0 radical (unpaired) electrons. The highest BCUT2D eigenvalue weighted by atomic mass is 16.5. The van der Waals surface area contributed by atoms with Gasteiger partial charge in [-0.05, 0) is 66.3 Å². The van der Waals surface area contributed by atoms with Crippen molar-refractivity contribution in [2.75, 3.05) is 13.7 Å². The van der Waals surface area contributed by atoms with Gasteiger partial charge in [-0.3, -0.25) is 0 Å². The molecule has 0 bridgehead atoms. The van der Waals surface area contributed by atoms with Gasteiger partial charge in [-0.15, -0.1) is 0 Å². The minimum Gasteiger partial charge on any atom is -0.493 e. The fraction of sp³-hybridized carbons (Fsp3) is 0.308. The highest BCUT2D eigenvalue weighted by molar-refractivity contribution is 5.43. The van der Waals surface area contributed by atoms with Crippen molar-refractivity contribution in [1.29, 1.82) is 0 Å². The molecule has 0 aliphatic rings. The lowest BCUT2D eigenvalue weighted by molar-refractivity contribution is 0.106. The molecule has 3 aromatic rings. The molecule has 4 nitrogen and oxygen atoms in total. The van der Waals surface area contributed by atoms with E-state index in [1.54, 1.807) is 7.11 Å². The van der Waals surface area contributed by atoms with Crippen LogP contribution in [0, 0.1) is 20.8 Å². The second-order valence-corrected chi connectivity index (χ2v) is 7.69. The van der Waals surface area contributed by atoms with Gasteiger partial charge in [-0.1, -0.05) is 48.5 Å². The van der Waals surface area contributed by atoms with Crippen molar-refractivity contribution in [1.82, 2.24) is 5.32 Å².